The van der Waals surface area contributed by atoms with Gasteiger partial charge < -0.3 is 4.74 Å². The van der Waals surface area contributed by atoms with Crippen LogP contribution in [0.25, 0.3) is 5.13 Å². The molecule has 2 aromatic rings. The van der Waals surface area contributed by atoms with E-state index in [1.165, 1.54) is 11.3 Å². The SMILES string of the molecule is CCOC(=O)C(C)c1cnn(-c2nc(Cl)cs2)c1. The highest BCUT2D eigenvalue weighted by Gasteiger charge is 2.18. The van der Waals surface area contributed by atoms with Crippen molar-refractivity contribution >= 4 is 28.9 Å². The molecular formula is C11H12ClN3O2S. The van der Waals surface area contributed by atoms with Crippen molar-refractivity contribution in [3.05, 3.63) is 28.5 Å². The van der Waals surface area contributed by atoms with Crippen LogP contribution in [0.3, 0.4) is 0 Å². The summed E-state index contributed by atoms with van der Waals surface area (Å²) in [6, 6.07) is 0. The quantitative estimate of drug-likeness (QED) is 0.811. The lowest BCUT2D eigenvalue weighted by Crippen LogP contribution is -2.12. The maximum atomic E-state index is 11.6. The molecular weight excluding hydrogens is 274 g/mol. The highest BCUT2D eigenvalue weighted by Crippen LogP contribution is 2.21. The van der Waals surface area contributed by atoms with E-state index in [1.807, 2.05) is 0 Å². The molecule has 2 rings (SSSR count). The highest BCUT2D eigenvalue weighted by molar-refractivity contribution is 7.12. The number of carbonyl (C=O) groups excluding carboxylic acids is 1. The van der Waals surface area contributed by atoms with Gasteiger partial charge in [-0.1, -0.05) is 11.6 Å². The fourth-order valence-corrected chi connectivity index (χ4v) is 2.30. The molecule has 0 aliphatic carbocycles. The third-order valence-electron chi connectivity index (χ3n) is 2.40. The monoisotopic (exact) mass is 285 g/mol. The average molecular weight is 286 g/mol. The van der Waals surface area contributed by atoms with Gasteiger partial charge in [-0.05, 0) is 13.8 Å². The maximum Gasteiger partial charge on any atom is 0.313 e. The zero-order valence-electron chi connectivity index (χ0n) is 9.96. The second kappa shape index (κ2) is 5.49. The fourth-order valence-electron chi connectivity index (χ4n) is 1.42. The number of hydrogen-bond donors (Lipinski definition) is 0. The van der Waals surface area contributed by atoms with E-state index in [0.717, 1.165) is 5.56 Å². The summed E-state index contributed by atoms with van der Waals surface area (Å²) < 4.78 is 6.57. The van der Waals surface area contributed by atoms with Gasteiger partial charge in [-0.2, -0.15) is 5.10 Å². The predicted octanol–water partition coefficient (Wildman–Crippen LogP) is 2.65. The van der Waals surface area contributed by atoms with E-state index >= 15 is 0 Å². The van der Waals surface area contributed by atoms with Crippen molar-refractivity contribution in [2.24, 2.45) is 0 Å². The third kappa shape index (κ3) is 2.70. The highest BCUT2D eigenvalue weighted by atomic mass is 35.5. The first kappa shape index (κ1) is 13.0. The zero-order chi connectivity index (χ0) is 13.1. The van der Waals surface area contributed by atoms with E-state index < -0.39 is 0 Å². The van der Waals surface area contributed by atoms with Gasteiger partial charge in [-0.3, -0.25) is 4.79 Å². The molecule has 18 heavy (non-hydrogen) atoms. The Morgan fingerprint density at radius 3 is 3.06 bits per heavy atom. The van der Waals surface area contributed by atoms with E-state index in [-0.39, 0.29) is 11.9 Å². The summed E-state index contributed by atoms with van der Waals surface area (Å²) in [5.74, 6) is -0.594. The van der Waals surface area contributed by atoms with Crippen LogP contribution in [0.2, 0.25) is 5.15 Å². The smallest absolute Gasteiger partial charge is 0.313 e. The summed E-state index contributed by atoms with van der Waals surface area (Å²) in [6.07, 6.45) is 3.40. The number of carbonyl (C=O) groups is 1. The van der Waals surface area contributed by atoms with Gasteiger partial charge in [-0.15, -0.1) is 11.3 Å². The van der Waals surface area contributed by atoms with Gasteiger partial charge in [0.1, 0.15) is 5.15 Å². The molecule has 96 valence electrons. The van der Waals surface area contributed by atoms with Crippen molar-refractivity contribution in [2.75, 3.05) is 6.61 Å². The number of aromatic nitrogens is 3. The van der Waals surface area contributed by atoms with Crippen molar-refractivity contribution in [3.8, 4) is 5.13 Å². The van der Waals surface area contributed by atoms with E-state index in [0.29, 0.717) is 16.9 Å². The van der Waals surface area contributed by atoms with Crippen LogP contribution in [-0.4, -0.2) is 27.3 Å². The fraction of sp³-hybridized carbons (Fsp3) is 0.364. The van der Waals surface area contributed by atoms with Crippen molar-refractivity contribution in [3.63, 3.8) is 0 Å². The first-order valence-corrected chi connectivity index (χ1v) is 6.70. The van der Waals surface area contributed by atoms with E-state index in [2.05, 4.69) is 10.1 Å². The van der Waals surface area contributed by atoms with Gasteiger partial charge >= 0.3 is 5.97 Å². The second-order valence-corrected chi connectivity index (χ2v) is 4.87. The summed E-state index contributed by atoms with van der Waals surface area (Å²) in [6.45, 7) is 3.94. The van der Waals surface area contributed by atoms with Gasteiger partial charge in [0.25, 0.3) is 0 Å². The predicted molar refractivity (Wildman–Crippen MR) is 69.3 cm³/mol. The Balaban J connectivity index is 2.17. The van der Waals surface area contributed by atoms with Crippen LogP contribution < -0.4 is 0 Å². The lowest BCUT2D eigenvalue weighted by molar-refractivity contribution is -0.144. The Bertz CT molecular complexity index is 552. The number of rotatable bonds is 4. The third-order valence-corrected chi connectivity index (χ3v) is 3.56. The lowest BCUT2D eigenvalue weighted by Gasteiger charge is -2.07. The molecule has 0 N–H and O–H groups in total. The molecule has 0 aliphatic rings. The largest absolute Gasteiger partial charge is 0.466 e. The number of halogens is 1. The summed E-state index contributed by atoms with van der Waals surface area (Å²) in [4.78, 5) is 15.7. The molecule has 0 fully saturated rings. The molecule has 0 aromatic carbocycles. The Morgan fingerprint density at radius 2 is 2.44 bits per heavy atom. The molecule has 0 saturated heterocycles. The molecule has 2 heterocycles. The van der Waals surface area contributed by atoms with Crippen LogP contribution in [0.15, 0.2) is 17.8 Å². The molecule has 1 atom stereocenters. The number of nitrogens with zero attached hydrogens (tertiary/aromatic N) is 3. The normalized spacial score (nSPS) is 12.4. The molecule has 0 saturated carbocycles. The van der Waals surface area contributed by atoms with E-state index in [4.69, 9.17) is 16.3 Å². The van der Waals surface area contributed by atoms with Crippen LogP contribution in [-0.2, 0) is 9.53 Å². The van der Waals surface area contributed by atoms with Gasteiger partial charge in [0.2, 0.25) is 5.13 Å². The molecule has 0 amide bonds. The molecule has 7 heteroatoms. The zero-order valence-corrected chi connectivity index (χ0v) is 11.5. The Hall–Kier alpha value is -1.40. The van der Waals surface area contributed by atoms with Crippen molar-refractivity contribution in [2.45, 2.75) is 19.8 Å². The summed E-state index contributed by atoms with van der Waals surface area (Å²) >= 11 is 7.14. The van der Waals surface area contributed by atoms with Crippen molar-refractivity contribution < 1.29 is 9.53 Å². The topological polar surface area (TPSA) is 57.0 Å². The van der Waals surface area contributed by atoms with Crippen LogP contribution in [0, 0.1) is 0 Å². The van der Waals surface area contributed by atoms with Crippen LogP contribution in [0.4, 0.5) is 0 Å². The lowest BCUT2D eigenvalue weighted by atomic mass is 10.1. The summed E-state index contributed by atoms with van der Waals surface area (Å²) in [5.41, 5.74) is 0.791. The van der Waals surface area contributed by atoms with E-state index in [9.17, 15) is 4.79 Å². The Labute approximate surface area is 113 Å². The Morgan fingerprint density at radius 1 is 1.67 bits per heavy atom. The molecule has 0 bridgehead atoms. The molecule has 5 nitrogen and oxygen atoms in total. The minimum atomic E-state index is -0.339. The number of thiazole rings is 1. The minimum absolute atomic E-state index is 0.255. The van der Waals surface area contributed by atoms with Gasteiger partial charge in [0.05, 0.1) is 18.7 Å². The van der Waals surface area contributed by atoms with Gasteiger partial charge in [-0.25, -0.2) is 9.67 Å². The standard InChI is InChI=1S/C11H12ClN3O2S/c1-3-17-10(16)7(2)8-4-13-15(5-8)11-14-9(12)6-18-11/h4-7H,3H2,1-2H3. The van der Waals surface area contributed by atoms with Crippen LogP contribution in [0.1, 0.15) is 25.3 Å². The molecule has 0 aliphatic heterocycles. The van der Waals surface area contributed by atoms with Crippen LogP contribution in [0.5, 0.6) is 0 Å². The first-order chi connectivity index (χ1) is 8.61. The van der Waals surface area contributed by atoms with Gasteiger partial charge in [0.15, 0.2) is 0 Å². The minimum Gasteiger partial charge on any atom is -0.466 e. The maximum absolute atomic E-state index is 11.6. The number of ether oxygens (including phenoxy) is 1. The molecule has 0 spiro atoms. The molecule has 0 radical (unpaired) electrons. The number of esters is 1. The van der Waals surface area contributed by atoms with E-state index in [1.54, 1.807) is 36.3 Å². The summed E-state index contributed by atoms with van der Waals surface area (Å²) in [7, 11) is 0. The molecule has 2 aromatic heterocycles. The number of hydrogen-bond acceptors (Lipinski definition) is 5. The van der Waals surface area contributed by atoms with Gasteiger partial charge in [0, 0.05) is 17.1 Å². The second-order valence-electron chi connectivity index (χ2n) is 3.64. The molecule has 1 unspecified atom stereocenters. The van der Waals surface area contributed by atoms with Crippen molar-refractivity contribution in [1.29, 1.82) is 0 Å². The average Bonchev–Trinajstić information content (AvgIpc) is 2.96. The van der Waals surface area contributed by atoms with Crippen molar-refractivity contribution in [1.82, 2.24) is 14.8 Å². The summed E-state index contributed by atoms with van der Waals surface area (Å²) in [5, 5.41) is 7.00. The first-order valence-electron chi connectivity index (χ1n) is 5.44. The van der Waals surface area contributed by atoms with Crippen LogP contribution >= 0.6 is 22.9 Å². The Kier molecular flexibility index (Phi) is 3.98.